The van der Waals surface area contributed by atoms with Gasteiger partial charge in [0.2, 0.25) is 15.9 Å². The summed E-state index contributed by atoms with van der Waals surface area (Å²) in [6, 6.07) is 6.63. The Labute approximate surface area is 146 Å². The van der Waals surface area contributed by atoms with E-state index in [9.17, 15) is 13.2 Å². The molecule has 1 saturated heterocycles. The van der Waals surface area contributed by atoms with Crippen LogP contribution in [0.5, 0.6) is 0 Å². The molecule has 0 spiro atoms. The first-order chi connectivity index (χ1) is 10.8. The van der Waals surface area contributed by atoms with E-state index in [1.54, 1.807) is 24.3 Å². The van der Waals surface area contributed by atoms with Crippen molar-refractivity contribution >= 4 is 31.9 Å². The van der Waals surface area contributed by atoms with Crippen molar-refractivity contribution in [1.82, 2.24) is 14.5 Å². The third-order valence-corrected chi connectivity index (χ3v) is 6.17. The highest BCUT2D eigenvalue weighted by atomic mass is 79.9. The highest BCUT2D eigenvalue weighted by Gasteiger charge is 2.35. The number of amides is 1. The van der Waals surface area contributed by atoms with Crippen LogP contribution in [-0.4, -0.2) is 63.8 Å². The first-order valence-electron chi connectivity index (χ1n) is 7.49. The number of nitrogens with one attached hydrogen (secondary N) is 1. The molecule has 8 heteroatoms. The van der Waals surface area contributed by atoms with Crippen LogP contribution in [0.4, 0.5) is 0 Å². The van der Waals surface area contributed by atoms with E-state index in [2.05, 4.69) is 21.2 Å². The molecule has 1 aliphatic rings. The first kappa shape index (κ1) is 18.4. The van der Waals surface area contributed by atoms with E-state index >= 15 is 0 Å². The maximum atomic E-state index is 12.6. The Kier molecular flexibility index (Phi) is 6.19. The quantitative estimate of drug-likeness (QED) is 0.772. The van der Waals surface area contributed by atoms with Gasteiger partial charge in [0.1, 0.15) is 0 Å². The van der Waals surface area contributed by atoms with E-state index in [4.69, 9.17) is 0 Å². The van der Waals surface area contributed by atoms with Crippen molar-refractivity contribution in [2.24, 2.45) is 5.92 Å². The summed E-state index contributed by atoms with van der Waals surface area (Å²) < 4.78 is 27.4. The van der Waals surface area contributed by atoms with Crippen molar-refractivity contribution in [3.63, 3.8) is 0 Å². The molecule has 23 heavy (non-hydrogen) atoms. The van der Waals surface area contributed by atoms with Crippen molar-refractivity contribution in [3.05, 3.63) is 28.7 Å². The standard InChI is InChI=1S/C15H22BrN3O3S/c1-18(2)9-7-17-15(20)12-6-8-19(11-12)23(21,22)14-5-3-4-13(16)10-14/h3-5,10,12H,6-9,11H2,1-2H3,(H,17,20). The highest BCUT2D eigenvalue weighted by Crippen LogP contribution is 2.26. The van der Waals surface area contributed by atoms with Gasteiger partial charge in [-0.3, -0.25) is 4.79 Å². The second kappa shape index (κ2) is 7.74. The molecule has 1 aromatic carbocycles. The van der Waals surface area contributed by atoms with Gasteiger partial charge in [-0.25, -0.2) is 8.42 Å². The van der Waals surface area contributed by atoms with Gasteiger partial charge in [-0.15, -0.1) is 0 Å². The summed E-state index contributed by atoms with van der Waals surface area (Å²) in [7, 11) is 0.331. The fourth-order valence-electron chi connectivity index (χ4n) is 2.48. The van der Waals surface area contributed by atoms with Crippen LogP contribution in [0.2, 0.25) is 0 Å². The third-order valence-electron chi connectivity index (χ3n) is 3.81. The summed E-state index contributed by atoms with van der Waals surface area (Å²) in [5, 5.41) is 2.87. The Morgan fingerprint density at radius 3 is 2.83 bits per heavy atom. The van der Waals surface area contributed by atoms with Crippen LogP contribution >= 0.6 is 15.9 Å². The van der Waals surface area contributed by atoms with Gasteiger partial charge in [-0.1, -0.05) is 22.0 Å². The number of nitrogens with zero attached hydrogens (tertiary/aromatic N) is 2. The summed E-state index contributed by atoms with van der Waals surface area (Å²) in [6.07, 6.45) is 0.557. The number of hydrogen-bond donors (Lipinski definition) is 1. The fraction of sp³-hybridized carbons (Fsp3) is 0.533. The van der Waals surface area contributed by atoms with Crippen LogP contribution in [0, 0.1) is 5.92 Å². The number of rotatable bonds is 6. The van der Waals surface area contributed by atoms with Gasteiger partial charge in [0, 0.05) is 30.7 Å². The normalized spacial score (nSPS) is 19.2. The van der Waals surface area contributed by atoms with Gasteiger partial charge in [0.15, 0.2) is 0 Å². The monoisotopic (exact) mass is 403 g/mol. The maximum absolute atomic E-state index is 12.6. The molecule has 1 atom stereocenters. The molecule has 2 rings (SSSR count). The molecule has 0 saturated carbocycles. The Morgan fingerprint density at radius 1 is 1.43 bits per heavy atom. The molecular weight excluding hydrogens is 382 g/mol. The molecule has 1 aliphatic heterocycles. The lowest BCUT2D eigenvalue weighted by atomic mass is 10.1. The van der Waals surface area contributed by atoms with Gasteiger partial charge in [0.25, 0.3) is 0 Å². The zero-order valence-electron chi connectivity index (χ0n) is 13.3. The van der Waals surface area contributed by atoms with E-state index < -0.39 is 10.0 Å². The predicted octanol–water partition coefficient (Wildman–Crippen LogP) is 1.14. The summed E-state index contributed by atoms with van der Waals surface area (Å²) in [6.45, 7) is 1.95. The summed E-state index contributed by atoms with van der Waals surface area (Å²) in [4.78, 5) is 14.4. The number of sulfonamides is 1. The highest BCUT2D eigenvalue weighted by molar-refractivity contribution is 9.10. The van der Waals surface area contributed by atoms with E-state index in [0.29, 0.717) is 19.5 Å². The summed E-state index contributed by atoms with van der Waals surface area (Å²) in [5.74, 6) is -0.349. The van der Waals surface area contributed by atoms with E-state index in [1.807, 2.05) is 19.0 Å². The molecule has 1 heterocycles. The lowest BCUT2D eigenvalue weighted by Crippen LogP contribution is -2.37. The van der Waals surface area contributed by atoms with Crippen LogP contribution < -0.4 is 5.32 Å². The number of benzene rings is 1. The SMILES string of the molecule is CN(C)CCNC(=O)C1CCN(S(=O)(=O)c2cccc(Br)c2)C1. The number of carbonyl (C=O) groups is 1. The van der Waals surface area contributed by atoms with Gasteiger partial charge in [-0.2, -0.15) is 4.31 Å². The van der Waals surface area contributed by atoms with Crippen molar-refractivity contribution in [3.8, 4) is 0 Å². The average molecular weight is 404 g/mol. The second-order valence-electron chi connectivity index (χ2n) is 5.90. The van der Waals surface area contributed by atoms with Gasteiger partial charge < -0.3 is 10.2 Å². The molecular formula is C15H22BrN3O3S. The third kappa shape index (κ3) is 4.76. The minimum atomic E-state index is -3.55. The number of carbonyl (C=O) groups excluding carboxylic acids is 1. The Hall–Kier alpha value is -0.960. The molecule has 128 valence electrons. The molecule has 0 aromatic heterocycles. The summed E-state index contributed by atoms with van der Waals surface area (Å²) >= 11 is 3.29. The van der Waals surface area contributed by atoms with Gasteiger partial charge >= 0.3 is 0 Å². The Morgan fingerprint density at radius 2 is 2.17 bits per heavy atom. The number of halogens is 1. The van der Waals surface area contributed by atoms with Crippen LogP contribution in [0.15, 0.2) is 33.6 Å². The Bertz CT molecular complexity index is 664. The van der Waals surface area contributed by atoms with E-state index in [0.717, 1.165) is 11.0 Å². The van der Waals surface area contributed by atoms with Crippen LogP contribution in [-0.2, 0) is 14.8 Å². The van der Waals surface area contributed by atoms with Crippen molar-refractivity contribution in [1.29, 1.82) is 0 Å². The topological polar surface area (TPSA) is 69.7 Å². The number of likely N-dealkylation sites (N-methyl/N-ethyl adjacent to an activating group) is 1. The van der Waals surface area contributed by atoms with Crippen molar-refractivity contribution in [2.45, 2.75) is 11.3 Å². The van der Waals surface area contributed by atoms with Crippen molar-refractivity contribution in [2.75, 3.05) is 40.3 Å². The first-order valence-corrected chi connectivity index (χ1v) is 9.72. The van der Waals surface area contributed by atoms with E-state index in [-0.39, 0.29) is 23.3 Å². The molecule has 0 aliphatic carbocycles. The van der Waals surface area contributed by atoms with Gasteiger partial charge in [0.05, 0.1) is 10.8 Å². The van der Waals surface area contributed by atoms with E-state index in [1.165, 1.54) is 4.31 Å². The zero-order chi connectivity index (χ0) is 17.0. The molecule has 0 radical (unpaired) electrons. The van der Waals surface area contributed by atoms with Crippen LogP contribution in [0.1, 0.15) is 6.42 Å². The summed E-state index contributed by atoms with van der Waals surface area (Å²) in [5.41, 5.74) is 0. The molecule has 1 amide bonds. The lowest BCUT2D eigenvalue weighted by Gasteiger charge is -2.17. The minimum absolute atomic E-state index is 0.0706. The smallest absolute Gasteiger partial charge is 0.243 e. The molecule has 1 N–H and O–H groups in total. The lowest BCUT2D eigenvalue weighted by molar-refractivity contribution is -0.124. The van der Waals surface area contributed by atoms with Crippen LogP contribution in [0.25, 0.3) is 0 Å². The second-order valence-corrected chi connectivity index (χ2v) is 8.75. The molecule has 6 nitrogen and oxygen atoms in total. The number of hydrogen-bond acceptors (Lipinski definition) is 4. The fourth-order valence-corrected chi connectivity index (χ4v) is 4.58. The molecule has 1 aromatic rings. The molecule has 0 bridgehead atoms. The van der Waals surface area contributed by atoms with Crippen molar-refractivity contribution < 1.29 is 13.2 Å². The largest absolute Gasteiger partial charge is 0.355 e. The van der Waals surface area contributed by atoms with Gasteiger partial charge in [-0.05, 0) is 38.7 Å². The predicted molar refractivity (Wildman–Crippen MR) is 92.6 cm³/mol. The average Bonchev–Trinajstić information content (AvgIpc) is 2.97. The Balaban J connectivity index is 1.98. The maximum Gasteiger partial charge on any atom is 0.243 e. The minimum Gasteiger partial charge on any atom is -0.355 e. The zero-order valence-corrected chi connectivity index (χ0v) is 15.7. The molecule has 1 fully saturated rings. The van der Waals surface area contributed by atoms with Crippen LogP contribution in [0.3, 0.4) is 0 Å². The molecule has 1 unspecified atom stereocenters.